The lowest BCUT2D eigenvalue weighted by Crippen LogP contribution is -2.45. The van der Waals surface area contributed by atoms with Gasteiger partial charge in [0.05, 0.1) is 6.54 Å². The van der Waals surface area contributed by atoms with Gasteiger partial charge in [-0.25, -0.2) is 4.99 Å². The summed E-state index contributed by atoms with van der Waals surface area (Å²) in [5, 5.41) is 9.53. The molecule has 7 nitrogen and oxygen atoms in total. The molecule has 1 aromatic carbocycles. The van der Waals surface area contributed by atoms with E-state index in [9.17, 15) is 4.79 Å². The third-order valence-corrected chi connectivity index (χ3v) is 5.77. The highest BCUT2D eigenvalue weighted by Gasteiger charge is 2.28. The van der Waals surface area contributed by atoms with Crippen LogP contribution in [0.3, 0.4) is 0 Å². The van der Waals surface area contributed by atoms with Crippen LogP contribution in [-0.4, -0.2) is 74.0 Å². The minimum Gasteiger partial charge on any atom is -0.357 e. The van der Waals surface area contributed by atoms with Crippen LogP contribution in [0.15, 0.2) is 29.3 Å². The van der Waals surface area contributed by atoms with Gasteiger partial charge in [0.2, 0.25) is 5.91 Å². The van der Waals surface area contributed by atoms with Gasteiger partial charge >= 0.3 is 0 Å². The van der Waals surface area contributed by atoms with Gasteiger partial charge in [-0.15, -0.1) is 24.0 Å². The van der Waals surface area contributed by atoms with Crippen LogP contribution < -0.4 is 16.0 Å². The molecule has 1 amide bonds. The van der Waals surface area contributed by atoms with Crippen molar-refractivity contribution in [1.29, 1.82) is 0 Å². The summed E-state index contributed by atoms with van der Waals surface area (Å²) >= 11 is 0. The Hall–Kier alpha value is -1.39. The Morgan fingerprint density at radius 3 is 2.16 bits per heavy atom. The molecule has 1 aromatic rings. The van der Waals surface area contributed by atoms with Crippen LogP contribution in [0.5, 0.6) is 0 Å². The van der Waals surface area contributed by atoms with E-state index in [0.29, 0.717) is 19.6 Å². The Balaban J connectivity index is 0.00000341. The highest BCUT2D eigenvalue weighted by atomic mass is 127. The lowest BCUT2D eigenvalue weighted by Gasteiger charge is -2.34. The van der Waals surface area contributed by atoms with E-state index in [4.69, 9.17) is 0 Å². The minimum absolute atomic E-state index is 0. The number of likely N-dealkylation sites (N-methyl/N-ethyl adjacent to an activating group) is 1. The van der Waals surface area contributed by atoms with Crippen LogP contribution in [0.4, 0.5) is 0 Å². The molecule has 0 bridgehead atoms. The molecule has 8 heteroatoms. The van der Waals surface area contributed by atoms with E-state index in [1.165, 1.54) is 24.2 Å². The van der Waals surface area contributed by atoms with E-state index in [0.717, 1.165) is 51.5 Å². The Bertz CT molecular complexity index is 684. The molecular weight excluding hydrogens is 503 g/mol. The molecule has 3 N–H and O–H groups in total. The fraction of sp³-hybridized carbons (Fsp3) is 0.652. The lowest BCUT2D eigenvalue weighted by molar-refractivity contribution is -0.122. The molecule has 1 aliphatic carbocycles. The van der Waals surface area contributed by atoms with Crippen LogP contribution in [-0.2, 0) is 17.9 Å². The van der Waals surface area contributed by atoms with Gasteiger partial charge in [0, 0.05) is 58.3 Å². The molecule has 1 saturated carbocycles. The summed E-state index contributed by atoms with van der Waals surface area (Å²) in [6, 6.07) is 8.82. The Kier molecular flexibility index (Phi) is 11.6. The predicted octanol–water partition coefficient (Wildman–Crippen LogP) is 2.02. The third-order valence-electron chi connectivity index (χ3n) is 5.77. The van der Waals surface area contributed by atoms with Crippen molar-refractivity contribution in [3.05, 3.63) is 35.4 Å². The van der Waals surface area contributed by atoms with Crippen LogP contribution >= 0.6 is 24.0 Å². The maximum atomic E-state index is 11.7. The van der Waals surface area contributed by atoms with Crippen molar-refractivity contribution in [3.8, 4) is 0 Å². The van der Waals surface area contributed by atoms with E-state index in [1.807, 2.05) is 0 Å². The quantitative estimate of drug-likeness (QED) is 0.183. The largest absolute Gasteiger partial charge is 0.357 e. The summed E-state index contributed by atoms with van der Waals surface area (Å²) < 4.78 is 0. The zero-order chi connectivity index (χ0) is 21.2. The van der Waals surface area contributed by atoms with Gasteiger partial charge in [0.25, 0.3) is 0 Å². The monoisotopic (exact) mass is 542 g/mol. The van der Waals surface area contributed by atoms with Crippen molar-refractivity contribution >= 4 is 35.8 Å². The molecular formula is C23H39IN6O. The predicted molar refractivity (Wildman–Crippen MR) is 138 cm³/mol. The maximum absolute atomic E-state index is 11.7. The highest BCUT2D eigenvalue weighted by molar-refractivity contribution is 14.0. The number of nitrogens with one attached hydrogen (secondary N) is 3. The smallest absolute Gasteiger partial charge is 0.223 e. The molecule has 31 heavy (non-hydrogen) atoms. The standard InChI is InChI=1S/C23H38N6O.HI/c1-3-24-23(26-12-11-25-22(30)21-9-10-21)27-17-19-5-7-20(8-6-19)18-29-15-13-28(4-2)14-16-29;/h5-8,21H,3-4,9-18H2,1-2H3,(H,25,30)(H2,24,26,27);1H. The molecule has 1 aliphatic heterocycles. The first-order chi connectivity index (χ1) is 14.7. The first-order valence-corrected chi connectivity index (χ1v) is 11.5. The van der Waals surface area contributed by atoms with Crippen LogP contribution in [0.1, 0.15) is 37.8 Å². The number of aliphatic imine (C=N–C) groups is 1. The molecule has 0 aromatic heterocycles. The molecule has 1 saturated heterocycles. The summed E-state index contributed by atoms with van der Waals surface area (Å²) in [5.74, 6) is 1.23. The average Bonchev–Trinajstić information content (AvgIpc) is 3.62. The Morgan fingerprint density at radius 2 is 1.55 bits per heavy atom. The van der Waals surface area contributed by atoms with Gasteiger partial charge in [0.15, 0.2) is 5.96 Å². The summed E-state index contributed by atoms with van der Waals surface area (Å²) in [7, 11) is 0. The number of hydrogen-bond acceptors (Lipinski definition) is 4. The zero-order valence-electron chi connectivity index (χ0n) is 19.0. The fourth-order valence-electron chi connectivity index (χ4n) is 3.64. The van der Waals surface area contributed by atoms with Crippen LogP contribution in [0.25, 0.3) is 0 Å². The summed E-state index contributed by atoms with van der Waals surface area (Å²) in [6.45, 7) is 13.9. The Labute approximate surface area is 204 Å². The van der Waals surface area contributed by atoms with Gasteiger partial charge in [-0.05, 0) is 37.4 Å². The van der Waals surface area contributed by atoms with Gasteiger partial charge in [-0.3, -0.25) is 9.69 Å². The van der Waals surface area contributed by atoms with Gasteiger partial charge in [-0.1, -0.05) is 31.2 Å². The van der Waals surface area contributed by atoms with Crippen molar-refractivity contribution in [2.45, 2.75) is 39.8 Å². The SMILES string of the molecule is CCNC(=NCc1ccc(CN2CCN(CC)CC2)cc1)NCCNC(=O)C1CC1.I. The second-order valence-electron chi connectivity index (χ2n) is 8.21. The van der Waals surface area contributed by atoms with E-state index in [1.54, 1.807) is 0 Å². The van der Waals surface area contributed by atoms with Crippen LogP contribution in [0, 0.1) is 5.92 Å². The molecule has 0 radical (unpaired) electrons. The van der Waals surface area contributed by atoms with Crippen LogP contribution in [0.2, 0.25) is 0 Å². The number of hydrogen-bond donors (Lipinski definition) is 3. The third kappa shape index (κ3) is 9.33. The lowest BCUT2D eigenvalue weighted by atomic mass is 10.1. The number of rotatable bonds is 10. The maximum Gasteiger partial charge on any atom is 0.223 e. The number of carbonyl (C=O) groups excluding carboxylic acids is 1. The van der Waals surface area contributed by atoms with Crippen molar-refractivity contribution < 1.29 is 4.79 Å². The van der Waals surface area contributed by atoms with Crippen molar-refractivity contribution in [2.24, 2.45) is 10.9 Å². The number of guanidine groups is 1. The van der Waals surface area contributed by atoms with E-state index in [-0.39, 0.29) is 35.8 Å². The molecule has 0 spiro atoms. The fourth-order valence-corrected chi connectivity index (χ4v) is 3.64. The first-order valence-electron chi connectivity index (χ1n) is 11.5. The molecule has 174 valence electrons. The normalized spacial score (nSPS) is 17.7. The minimum atomic E-state index is 0. The topological polar surface area (TPSA) is 72.0 Å². The van der Waals surface area contributed by atoms with Crippen molar-refractivity contribution in [3.63, 3.8) is 0 Å². The van der Waals surface area contributed by atoms with Gasteiger partial charge in [0.1, 0.15) is 0 Å². The number of piperazine rings is 1. The number of halogens is 1. The van der Waals surface area contributed by atoms with Crippen molar-refractivity contribution in [1.82, 2.24) is 25.8 Å². The number of benzene rings is 1. The van der Waals surface area contributed by atoms with E-state index >= 15 is 0 Å². The van der Waals surface area contributed by atoms with E-state index < -0.39 is 0 Å². The zero-order valence-corrected chi connectivity index (χ0v) is 21.4. The molecule has 3 rings (SSSR count). The number of amides is 1. The Morgan fingerprint density at radius 1 is 0.935 bits per heavy atom. The first kappa shape index (κ1) is 25.9. The average molecular weight is 543 g/mol. The molecule has 2 fully saturated rings. The molecule has 0 unspecified atom stereocenters. The van der Waals surface area contributed by atoms with Gasteiger partial charge in [-0.2, -0.15) is 0 Å². The van der Waals surface area contributed by atoms with E-state index in [2.05, 4.69) is 68.9 Å². The molecule has 2 aliphatic rings. The van der Waals surface area contributed by atoms with Gasteiger partial charge < -0.3 is 20.9 Å². The molecule has 1 heterocycles. The number of nitrogens with zero attached hydrogens (tertiary/aromatic N) is 3. The summed E-state index contributed by atoms with van der Waals surface area (Å²) in [5.41, 5.74) is 2.57. The molecule has 0 atom stereocenters. The highest BCUT2D eigenvalue weighted by Crippen LogP contribution is 2.28. The second-order valence-corrected chi connectivity index (χ2v) is 8.21. The number of carbonyl (C=O) groups is 1. The summed E-state index contributed by atoms with van der Waals surface area (Å²) in [4.78, 5) is 21.4. The summed E-state index contributed by atoms with van der Waals surface area (Å²) in [6.07, 6.45) is 2.08. The van der Waals surface area contributed by atoms with Crippen molar-refractivity contribution in [2.75, 3.05) is 52.4 Å². The second kappa shape index (κ2) is 13.9.